The minimum absolute atomic E-state index is 0.0972. The lowest BCUT2D eigenvalue weighted by Gasteiger charge is -2.21. The van der Waals surface area contributed by atoms with Crippen molar-refractivity contribution < 1.29 is 23.6 Å². The van der Waals surface area contributed by atoms with E-state index in [0.717, 1.165) is 12.1 Å². The van der Waals surface area contributed by atoms with Crippen LogP contribution in [-0.4, -0.2) is 47.0 Å². The zero-order valence-electron chi connectivity index (χ0n) is 10.3. The van der Waals surface area contributed by atoms with Gasteiger partial charge < -0.3 is 15.7 Å². The van der Waals surface area contributed by atoms with Crippen LogP contribution >= 0.6 is 0 Å². The summed E-state index contributed by atoms with van der Waals surface area (Å²) in [6, 6.07) is 3.32. The van der Waals surface area contributed by atoms with Crippen LogP contribution in [0.2, 0.25) is 0 Å². The monoisotopic (exact) mass is 289 g/mol. The molecule has 0 heterocycles. The molecule has 9 heteroatoms. The third kappa shape index (κ3) is 3.85. The molecule has 1 aromatic carbocycles. The molecule has 0 atom stereocenters. The van der Waals surface area contributed by atoms with E-state index in [0.29, 0.717) is 4.90 Å². The Balaban J connectivity index is 3.16. The van der Waals surface area contributed by atoms with E-state index in [2.05, 4.69) is 0 Å². The molecule has 0 unspecified atom stereocenters. The SMILES string of the molecule is Nc1ccc([N+](=O)[O-])c(C(=O)N(CCO)CC(F)F)c1. The predicted molar refractivity (Wildman–Crippen MR) is 66.5 cm³/mol. The smallest absolute Gasteiger partial charge is 0.282 e. The van der Waals surface area contributed by atoms with Crippen molar-refractivity contribution in [3.8, 4) is 0 Å². The number of nitrogen functional groups attached to an aromatic ring is 1. The molecule has 1 amide bonds. The second kappa shape index (κ2) is 6.75. The summed E-state index contributed by atoms with van der Waals surface area (Å²) in [5.41, 5.74) is 4.64. The zero-order chi connectivity index (χ0) is 15.3. The van der Waals surface area contributed by atoms with Crippen molar-refractivity contribution in [2.24, 2.45) is 0 Å². The standard InChI is InChI=1S/C11H13F2N3O4/c12-10(13)6-15(3-4-17)11(18)8-5-7(14)1-2-9(8)16(19)20/h1-2,5,10,17H,3-4,6,14H2. The summed E-state index contributed by atoms with van der Waals surface area (Å²) in [6.07, 6.45) is -2.81. The third-order valence-corrected chi connectivity index (χ3v) is 2.46. The summed E-state index contributed by atoms with van der Waals surface area (Å²) in [5.74, 6) is -0.974. The number of nitrogens with two attached hydrogens (primary N) is 1. The fourth-order valence-corrected chi connectivity index (χ4v) is 1.62. The molecule has 0 bridgehead atoms. The molecule has 0 radical (unpaired) electrons. The molecule has 0 aliphatic carbocycles. The molecular weight excluding hydrogens is 276 g/mol. The summed E-state index contributed by atoms with van der Waals surface area (Å²) in [4.78, 5) is 22.8. The van der Waals surface area contributed by atoms with Gasteiger partial charge in [0.15, 0.2) is 0 Å². The van der Waals surface area contributed by atoms with Crippen LogP contribution in [0.25, 0.3) is 0 Å². The highest BCUT2D eigenvalue weighted by Crippen LogP contribution is 2.23. The van der Waals surface area contributed by atoms with Gasteiger partial charge in [-0.25, -0.2) is 8.78 Å². The molecule has 1 rings (SSSR count). The van der Waals surface area contributed by atoms with Crippen LogP contribution in [-0.2, 0) is 0 Å². The molecule has 0 aromatic heterocycles. The number of aliphatic hydroxyl groups is 1. The number of hydrogen-bond acceptors (Lipinski definition) is 5. The highest BCUT2D eigenvalue weighted by molar-refractivity contribution is 5.99. The number of nitro benzene ring substituents is 1. The van der Waals surface area contributed by atoms with Crippen LogP contribution in [0.5, 0.6) is 0 Å². The van der Waals surface area contributed by atoms with Crippen molar-refractivity contribution in [2.75, 3.05) is 25.4 Å². The third-order valence-electron chi connectivity index (χ3n) is 2.46. The first-order chi connectivity index (χ1) is 9.36. The number of anilines is 1. The average Bonchev–Trinajstić information content (AvgIpc) is 2.36. The van der Waals surface area contributed by atoms with Crippen molar-refractivity contribution >= 4 is 17.3 Å². The van der Waals surface area contributed by atoms with Crippen LogP contribution in [0, 0.1) is 10.1 Å². The molecule has 0 fully saturated rings. The summed E-state index contributed by atoms with van der Waals surface area (Å²) < 4.78 is 24.8. The maximum atomic E-state index is 12.4. The lowest BCUT2D eigenvalue weighted by atomic mass is 10.1. The Bertz CT molecular complexity index is 510. The highest BCUT2D eigenvalue weighted by Gasteiger charge is 2.26. The summed E-state index contributed by atoms with van der Waals surface area (Å²) >= 11 is 0. The van der Waals surface area contributed by atoms with E-state index in [1.165, 1.54) is 6.07 Å². The highest BCUT2D eigenvalue weighted by atomic mass is 19.3. The van der Waals surface area contributed by atoms with E-state index in [-0.39, 0.29) is 17.8 Å². The minimum Gasteiger partial charge on any atom is -0.399 e. The van der Waals surface area contributed by atoms with Gasteiger partial charge in [-0.15, -0.1) is 0 Å². The number of hydrogen-bond donors (Lipinski definition) is 2. The van der Waals surface area contributed by atoms with Crippen molar-refractivity contribution in [3.05, 3.63) is 33.9 Å². The number of nitro groups is 1. The molecule has 0 saturated heterocycles. The van der Waals surface area contributed by atoms with Crippen molar-refractivity contribution in [1.82, 2.24) is 4.90 Å². The van der Waals surface area contributed by atoms with Crippen LogP contribution in [0.3, 0.4) is 0 Å². The number of nitrogens with zero attached hydrogens (tertiary/aromatic N) is 2. The Kier molecular flexibility index (Phi) is 5.32. The number of rotatable bonds is 6. The van der Waals surface area contributed by atoms with Crippen molar-refractivity contribution in [1.29, 1.82) is 0 Å². The Morgan fingerprint density at radius 1 is 1.50 bits per heavy atom. The van der Waals surface area contributed by atoms with E-state index in [9.17, 15) is 23.7 Å². The Labute approximate surface area is 112 Å². The molecule has 1 aromatic rings. The maximum absolute atomic E-state index is 12.4. The van der Waals surface area contributed by atoms with E-state index in [1.807, 2.05) is 0 Å². The lowest BCUT2D eigenvalue weighted by molar-refractivity contribution is -0.385. The normalized spacial score (nSPS) is 10.6. The first-order valence-corrected chi connectivity index (χ1v) is 5.59. The summed E-state index contributed by atoms with van der Waals surface area (Å²) in [5, 5.41) is 19.6. The van der Waals surface area contributed by atoms with Crippen LogP contribution in [0.4, 0.5) is 20.2 Å². The second-order valence-electron chi connectivity index (χ2n) is 3.90. The number of benzene rings is 1. The topological polar surface area (TPSA) is 110 Å². The van der Waals surface area contributed by atoms with E-state index < -0.39 is 36.1 Å². The summed E-state index contributed by atoms with van der Waals surface area (Å²) in [6.45, 7) is -1.81. The maximum Gasteiger partial charge on any atom is 0.282 e. The molecule has 0 saturated carbocycles. The van der Waals surface area contributed by atoms with Gasteiger partial charge in [-0.1, -0.05) is 0 Å². The predicted octanol–water partition coefficient (Wildman–Crippen LogP) is 0.877. The molecule has 0 spiro atoms. The van der Waals surface area contributed by atoms with E-state index in [1.54, 1.807) is 0 Å². The van der Waals surface area contributed by atoms with Gasteiger partial charge in [-0.05, 0) is 12.1 Å². The Morgan fingerprint density at radius 3 is 2.65 bits per heavy atom. The molecule has 7 nitrogen and oxygen atoms in total. The van der Waals surface area contributed by atoms with Crippen LogP contribution in [0.15, 0.2) is 18.2 Å². The first-order valence-electron chi connectivity index (χ1n) is 5.59. The van der Waals surface area contributed by atoms with Gasteiger partial charge >= 0.3 is 0 Å². The molecule has 0 aliphatic heterocycles. The van der Waals surface area contributed by atoms with Gasteiger partial charge in [0.05, 0.1) is 18.1 Å². The second-order valence-corrected chi connectivity index (χ2v) is 3.90. The Hall–Kier alpha value is -2.29. The molecule has 20 heavy (non-hydrogen) atoms. The quantitative estimate of drug-likeness (QED) is 0.459. The number of carbonyl (C=O) groups excluding carboxylic acids is 1. The number of alkyl halides is 2. The van der Waals surface area contributed by atoms with E-state index >= 15 is 0 Å². The lowest BCUT2D eigenvalue weighted by Crippen LogP contribution is -2.37. The van der Waals surface area contributed by atoms with Crippen LogP contribution < -0.4 is 5.73 Å². The average molecular weight is 289 g/mol. The number of amides is 1. The van der Waals surface area contributed by atoms with Gasteiger partial charge in [0, 0.05) is 18.3 Å². The van der Waals surface area contributed by atoms with Crippen molar-refractivity contribution in [2.45, 2.75) is 6.43 Å². The largest absolute Gasteiger partial charge is 0.399 e. The van der Waals surface area contributed by atoms with Gasteiger partial charge in [0.1, 0.15) is 5.56 Å². The molecule has 0 aliphatic rings. The van der Waals surface area contributed by atoms with Crippen molar-refractivity contribution in [3.63, 3.8) is 0 Å². The summed E-state index contributed by atoms with van der Waals surface area (Å²) in [7, 11) is 0. The number of halogens is 2. The molecule has 110 valence electrons. The number of aliphatic hydroxyl groups excluding tert-OH is 1. The fraction of sp³-hybridized carbons (Fsp3) is 0.364. The molecular formula is C11H13F2N3O4. The molecule has 3 N–H and O–H groups in total. The van der Waals surface area contributed by atoms with Gasteiger partial charge in [0.25, 0.3) is 18.0 Å². The first kappa shape index (κ1) is 15.8. The van der Waals surface area contributed by atoms with Gasteiger partial charge in [-0.3, -0.25) is 14.9 Å². The van der Waals surface area contributed by atoms with Gasteiger partial charge in [-0.2, -0.15) is 0 Å². The Morgan fingerprint density at radius 2 is 2.15 bits per heavy atom. The van der Waals surface area contributed by atoms with Gasteiger partial charge in [0.2, 0.25) is 0 Å². The minimum atomic E-state index is -2.81. The van der Waals surface area contributed by atoms with E-state index in [4.69, 9.17) is 10.8 Å². The van der Waals surface area contributed by atoms with Crippen LogP contribution in [0.1, 0.15) is 10.4 Å². The zero-order valence-corrected chi connectivity index (χ0v) is 10.3. The fourth-order valence-electron chi connectivity index (χ4n) is 1.62. The number of carbonyl (C=O) groups is 1.